The van der Waals surface area contributed by atoms with E-state index in [9.17, 15) is 0 Å². The van der Waals surface area contributed by atoms with Crippen molar-refractivity contribution in [3.63, 3.8) is 0 Å². The van der Waals surface area contributed by atoms with Crippen LogP contribution in [0, 0.1) is 25.2 Å². The highest BCUT2D eigenvalue weighted by Crippen LogP contribution is 2.16. The molecule has 0 bridgehead atoms. The van der Waals surface area contributed by atoms with Gasteiger partial charge in [-0.2, -0.15) is 10.4 Å². The van der Waals surface area contributed by atoms with Crippen LogP contribution in [0.4, 0.5) is 5.69 Å². The molecule has 2 aromatic rings. The minimum atomic E-state index is 0.601. The lowest BCUT2D eigenvalue weighted by Crippen LogP contribution is -2.04. The lowest BCUT2D eigenvalue weighted by atomic mass is 10.2. The van der Waals surface area contributed by atoms with Gasteiger partial charge in [-0.25, -0.2) is 0 Å². The fourth-order valence-corrected chi connectivity index (χ4v) is 1.89. The van der Waals surface area contributed by atoms with E-state index in [4.69, 9.17) is 5.26 Å². The van der Waals surface area contributed by atoms with Crippen molar-refractivity contribution >= 4 is 5.69 Å². The van der Waals surface area contributed by atoms with Gasteiger partial charge in [-0.05, 0) is 19.9 Å². The van der Waals surface area contributed by atoms with Crippen LogP contribution in [-0.2, 0) is 13.6 Å². The van der Waals surface area contributed by atoms with Gasteiger partial charge in [0.25, 0.3) is 0 Å². The number of hydrogen-bond donors (Lipinski definition) is 1. The largest absolute Gasteiger partial charge is 0.379 e. The molecule has 1 N–H and O–H groups in total. The van der Waals surface area contributed by atoms with Crippen molar-refractivity contribution in [3.8, 4) is 6.07 Å². The first kappa shape index (κ1) is 12.1. The number of aryl methyl sites for hydroxylation is 2. The van der Waals surface area contributed by atoms with Crippen LogP contribution in [0.2, 0.25) is 0 Å². The molecule has 0 atom stereocenters. The monoisotopic (exact) mass is 241 g/mol. The van der Waals surface area contributed by atoms with Crippen LogP contribution in [0.3, 0.4) is 0 Å². The zero-order chi connectivity index (χ0) is 13.1. The van der Waals surface area contributed by atoms with Crippen molar-refractivity contribution in [2.75, 3.05) is 5.32 Å². The van der Waals surface area contributed by atoms with Crippen LogP contribution in [0.15, 0.2) is 18.5 Å². The smallest absolute Gasteiger partial charge is 0.101 e. The second-order valence-corrected chi connectivity index (χ2v) is 4.16. The second kappa shape index (κ2) is 4.88. The molecule has 2 rings (SSSR count). The van der Waals surface area contributed by atoms with Crippen molar-refractivity contribution in [1.82, 2.24) is 14.8 Å². The summed E-state index contributed by atoms with van der Waals surface area (Å²) in [5.74, 6) is 0. The van der Waals surface area contributed by atoms with Crippen LogP contribution in [0.1, 0.15) is 22.5 Å². The molecule has 0 aromatic carbocycles. The normalized spacial score (nSPS) is 10.1. The van der Waals surface area contributed by atoms with E-state index in [1.54, 1.807) is 18.5 Å². The number of aromatic nitrogens is 3. The van der Waals surface area contributed by atoms with Crippen molar-refractivity contribution in [3.05, 3.63) is 41.0 Å². The number of anilines is 1. The van der Waals surface area contributed by atoms with E-state index in [1.807, 2.05) is 25.6 Å². The standard InChI is InChI=1S/C13H15N5/c1-9-12(10(2)18(3)17-9)7-16-13-8-15-5-4-11(13)6-14/h4-5,8,16H,7H2,1-3H3. The van der Waals surface area contributed by atoms with E-state index in [0.717, 1.165) is 22.6 Å². The first-order chi connectivity index (χ1) is 8.63. The molecule has 5 nitrogen and oxygen atoms in total. The first-order valence-corrected chi connectivity index (χ1v) is 5.70. The lowest BCUT2D eigenvalue weighted by Gasteiger charge is -2.07. The Morgan fingerprint density at radius 1 is 1.44 bits per heavy atom. The van der Waals surface area contributed by atoms with Crippen molar-refractivity contribution in [1.29, 1.82) is 5.26 Å². The predicted molar refractivity (Wildman–Crippen MR) is 69.0 cm³/mol. The Labute approximate surface area is 106 Å². The molecular weight excluding hydrogens is 226 g/mol. The third-order valence-electron chi connectivity index (χ3n) is 3.06. The summed E-state index contributed by atoms with van der Waals surface area (Å²) in [5, 5.41) is 16.6. The zero-order valence-electron chi connectivity index (χ0n) is 10.7. The predicted octanol–water partition coefficient (Wildman–Crippen LogP) is 1.92. The van der Waals surface area contributed by atoms with Gasteiger partial charge in [0.1, 0.15) is 6.07 Å². The molecule has 2 heterocycles. The lowest BCUT2D eigenvalue weighted by molar-refractivity contribution is 0.730. The number of hydrogen-bond acceptors (Lipinski definition) is 4. The molecule has 0 aliphatic rings. The maximum absolute atomic E-state index is 8.99. The highest BCUT2D eigenvalue weighted by Gasteiger charge is 2.09. The highest BCUT2D eigenvalue weighted by molar-refractivity contribution is 5.55. The Morgan fingerprint density at radius 2 is 2.22 bits per heavy atom. The second-order valence-electron chi connectivity index (χ2n) is 4.16. The van der Waals surface area contributed by atoms with E-state index in [2.05, 4.69) is 21.5 Å². The quantitative estimate of drug-likeness (QED) is 0.891. The molecule has 0 saturated carbocycles. The molecule has 0 aliphatic heterocycles. The van der Waals surface area contributed by atoms with Crippen LogP contribution in [-0.4, -0.2) is 14.8 Å². The highest BCUT2D eigenvalue weighted by atomic mass is 15.3. The first-order valence-electron chi connectivity index (χ1n) is 5.70. The van der Waals surface area contributed by atoms with Gasteiger partial charge in [0.15, 0.2) is 0 Å². The minimum absolute atomic E-state index is 0.601. The van der Waals surface area contributed by atoms with E-state index in [-0.39, 0.29) is 0 Å². The average molecular weight is 241 g/mol. The molecule has 0 radical (unpaired) electrons. The van der Waals surface area contributed by atoms with Crippen molar-refractivity contribution in [2.24, 2.45) is 7.05 Å². The molecule has 92 valence electrons. The Balaban J connectivity index is 2.20. The van der Waals surface area contributed by atoms with Gasteiger partial charge in [-0.15, -0.1) is 0 Å². The van der Waals surface area contributed by atoms with E-state index >= 15 is 0 Å². The van der Waals surface area contributed by atoms with Gasteiger partial charge in [-0.1, -0.05) is 0 Å². The maximum atomic E-state index is 8.99. The van der Waals surface area contributed by atoms with Gasteiger partial charge < -0.3 is 5.32 Å². The molecule has 0 amide bonds. The van der Waals surface area contributed by atoms with Crippen molar-refractivity contribution < 1.29 is 0 Å². The van der Waals surface area contributed by atoms with Crippen LogP contribution in [0.5, 0.6) is 0 Å². The molecule has 0 saturated heterocycles. The number of nitrogens with one attached hydrogen (secondary N) is 1. The Kier molecular flexibility index (Phi) is 3.28. The summed E-state index contributed by atoms with van der Waals surface area (Å²) in [5.41, 5.74) is 4.64. The number of rotatable bonds is 3. The topological polar surface area (TPSA) is 66.5 Å². The molecular formula is C13H15N5. The fourth-order valence-electron chi connectivity index (χ4n) is 1.89. The third kappa shape index (κ3) is 2.18. The summed E-state index contributed by atoms with van der Waals surface area (Å²) >= 11 is 0. The van der Waals surface area contributed by atoms with Gasteiger partial charge in [0, 0.05) is 31.0 Å². The van der Waals surface area contributed by atoms with Gasteiger partial charge in [0.2, 0.25) is 0 Å². The van der Waals surface area contributed by atoms with Gasteiger partial charge in [0.05, 0.1) is 23.1 Å². The van der Waals surface area contributed by atoms with Gasteiger partial charge >= 0.3 is 0 Å². The Morgan fingerprint density at radius 3 is 2.83 bits per heavy atom. The van der Waals surface area contributed by atoms with Crippen LogP contribution < -0.4 is 5.32 Å². The fraction of sp³-hybridized carbons (Fsp3) is 0.308. The third-order valence-corrected chi connectivity index (χ3v) is 3.06. The average Bonchev–Trinajstić information content (AvgIpc) is 2.62. The summed E-state index contributed by atoms with van der Waals surface area (Å²) in [6.45, 7) is 4.66. The molecule has 0 spiro atoms. The SMILES string of the molecule is Cc1nn(C)c(C)c1CNc1cnccc1C#N. The van der Waals surface area contributed by atoms with Crippen LogP contribution >= 0.6 is 0 Å². The summed E-state index contributed by atoms with van der Waals surface area (Å²) in [6, 6.07) is 3.84. The molecule has 0 unspecified atom stereocenters. The Hall–Kier alpha value is -2.35. The number of nitrogens with zero attached hydrogens (tertiary/aromatic N) is 4. The number of nitriles is 1. The van der Waals surface area contributed by atoms with E-state index in [0.29, 0.717) is 12.1 Å². The van der Waals surface area contributed by atoms with Crippen molar-refractivity contribution in [2.45, 2.75) is 20.4 Å². The summed E-state index contributed by atoms with van der Waals surface area (Å²) < 4.78 is 1.86. The number of pyridine rings is 1. The molecule has 0 fully saturated rings. The summed E-state index contributed by atoms with van der Waals surface area (Å²) in [6.07, 6.45) is 3.28. The molecule has 18 heavy (non-hydrogen) atoms. The van der Waals surface area contributed by atoms with Gasteiger partial charge in [-0.3, -0.25) is 9.67 Å². The van der Waals surface area contributed by atoms with Crippen LogP contribution in [0.25, 0.3) is 0 Å². The Bertz CT molecular complexity index is 606. The molecule has 5 heteroatoms. The molecule has 0 aliphatic carbocycles. The summed E-state index contributed by atoms with van der Waals surface area (Å²) in [4.78, 5) is 4.02. The van der Waals surface area contributed by atoms with E-state index in [1.165, 1.54) is 0 Å². The summed E-state index contributed by atoms with van der Waals surface area (Å²) in [7, 11) is 1.93. The molecule has 2 aromatic heterocycles. The zero-order valence-corrected chi connectivity index (χ0v) is 10.7. The van der Waals surface area contributed by atoms with E-state index < -0.39 is 0 Å². The maximum Gasteiger partial charge on any atom is 0.101 e. The minimum Gasteiger partial charge on any atom is -0.379 e.